The zero-order valence-corrected chi connectivity index (χ0v) is 4.89. The Hall–Kier alpha value is 4.29. The Balaban J connectivity index is -0.0000000221. The number of phosphoric acid groups is 1. The van der Waals surface area contributed by atoms with Crippen LogP contribution < -0.4 is 0 Å². The first-order chi connectivity index (χ1) is 3.73. The van der Waals surface area contributed by atoms with E-state index >= 15 is 0 Å². The fourth-order valence-corrected chi connectivity index (χ4v) is 0. The number of carboxylic acid groups (broad SMARTS) is 2. The van der Waals surface area contributed by atoms with E-state index in [1.807, 2.05) is 0 Å². The molecule has 0 fully saturated rings. The first kappa shape index (κ1) is 29.9. The first-order valence-electron chi connectivity index (χ1n) is 1.43. The summed E-state index contributed by atoms with van der Waals surface area (Å²) < 4.78 is 8.88. The van der Waals surface area contributed by atoms with Crippen molar-refractivity contribution in [1.82, 2.24) is 0 Å². The van der Waals surface area contributed by atoms with Crippen molar-refractivity contribution in [2.45, 2.75) is 0 Å². The summed E-state index contributed by atoms with van der Waals surface area (Å²) in [6.07, 6.45) is -1.83. The average molecular weight is 280 g/mol. The van der Waals surface area contributed by atoms with Crippen LogP contribution in [-0.2, 0) is 4.57 Å². The minimum absolute atomic E-state index is 0. The molecule has 0 unspecified atom stereocenters. The molecule has 0 radical (unpaired) electrons. The Bertz CT molecular complexity index is 118. The summed E-state index contributed by atoms with van der Waals surface area (Å²) in [7, 11) is -4.64. The van der Waals surface area contributed by atoms with E-state index < -0.39 is 14.0 Å². The second-order valence-corrected chi connectivity index (χ2v) is 1.82. The van der Waals surface area contributed by atoms with Crippen molar-refractivity contribution in [3.05, 3.63) is 0 Å². The summed E-state index contributed by atoms with van der Waals surface area (Å²) in [5.74, 6) is 0. The Labute approximate surface area is 196 Å². The average Bonchev–Trinajstić information content (AvgIpc) is 1.19. The van der Waals surface area contributed by atoms with Gasteiger partial charge in [-0.1, -0.05) is 0 Å². The van der Waals surface area contributed by atoms with E-state index in [1.165, 1.54) is 0 Å². The summed E-state index contributed by atoms with van der Waals surface area (Å²) in [5, 5.41) is 13.9. The topological polar surface area (TPSA) is 135 Å². The molecule has 7 nitrogen and oxygen atoms in total. The molecule has 0 atom stereocenters. The van der Waals surface area contributed by atoms with E-state index in [1.54, 1.807) is 0 Å². The maximum absolute atomic E-state index is 8.88. The van der Waals surface area contributed by atoms with Crippen LogP contribution in [-0.4, -0.2) is 185 Å². The Morgan fingerprint density at radius 1 is 0.917 bits per heavy atom. The van der Waals surface area contributed by atoms with Gasteiger partial charge in [0, 0.05) is 0 Å². The first-order valence-corrected chi connectivity index (χ1v) is 3.00. The number of hydrogen-bond acceptors (Lipinski definition) is 2. The molecule has 11 heteroatoms. The molecule has 0 aromatic rings. The van der Waals surface area contributed by atoms with Gasteiger partial charge in [0.05, 0.1) is 0 Å². The van der Waals surface area contributed by atoms with Crippen LogP contribution in [0, 0.1) is 0 Å². The number of carbonyl (C=O) groups is 1. The van der Waals surface area contributed by atoms with Crippen molar-refractivity contribution in [1.29, 1.82) is 0 Å². The van der Waals surface area contributed by atoms with Crippen LogP contribution in [0.25, 0.3) is 0 Å². The quantitative estimate of drug-likeness (QED) is 0.241. The van der Waals surface area contributed by atoms with Crippen molar-refractivity contribution >= 4 is 168 Å². The molecule has 0 saturated carbocycles. The Kier molecular flexibility index (Phi) is 44.0. The van der Waals surface area contributed by atoms with Crippen LogP contribution >= 0.6 is 7.82 Å². The van der Waals surface area contributed by atoms with E-state index in [9.17, 15) is 0 Å². The molecule has 62 valence electrons. The third-order valence-corrected chi connectivity index (χ3v) is 0. The molecular weight excluding hydrogens is 272 g/mol. The van der Waals surface area contributed by atoms with Crippen LogP contribution in [0.5, 0.6) is 0 Å². The summed E-state index contributed by atoms with van der Waals surface area (Å²) in [6.45, 7) is 0. The molecule has 0 spiro atoms. The predicted molar refractivity (Wildman–Crippen MR) is 46.4 cm³/mol. The van der Waals surface area contributed by atoms with Gasteiger partial charge in [-0.25, -0.2) is 9.36 Å². The molecule has 0 bridgehead atoms. The molecule has 0 saturated heterocycles. The molecule has 5 N–H and O–H groups in total. The molecule has 0 amide bonds. The van der Waals surface area contributed by atoms with Crippen molar-refractivity contribution < 1.29 is 34.3 Å². The van der Waals surface area contributed by atoms with Gasteiger partial charge < -0.3 is 24.9 Å². The van der Waals surface area contributed by atoms with Crippen LogP contribution in [0.15, 0.2) is 0 Å². The molecule has 0 rings (SSSR count). The van der Waals surface area contributed by atoms with Gasteiger partial charge in [-0.2, -0.15) is 0 Å². The van der Waals surface area contributed by atoms with Crippen molar-refractivity contribution in [3.8, 4) is 0 Å². The third-order valence-electron chi connectivity index (χ3n) is 0. The van der Waals surface area contributed by atoms with Gasteiger partial charge in [0.1, 0.15) is 0 Å². The van der Waals surface area contributed by atoms with Gasteiger partial charge >= 0.3 is 168 Å². The van der Waals surface area contributed by atoms with Crippen molar-refractivity contribution in [3.63, 3.8) is 0 Å². The van der Waals surface area contributed by atoms with Gasteiger partial charge in [-0.05, 0) is 0 Å². The Morgan fingerprint density at radius 2 is 0.917 bits per heavy atom. The van der Waals surface area contributed by atoms with Gasteiger partial charge in [0.25, 0.3) is 0 Å². The summed E-state index contributed by atoms with van der Waals surface area (Å²) in [5.41, 5.74) is 0. The maximum atomic E-state index is 8.88. The van der Waals surface area contributed by atoms with Crippen molar-refractivity contribution in [2.24, 2.45) is 0 Å². The third kappa shape index (κ3) is 137. The minimum atomic E-state index is -4.64. The van der Waals surface area contributed by atoms with Crippen LogP contribution in [0.1, 0.15) is 0 Å². The molecule has 0 aromatic carbocycles. The van der Waals surface area contributed by atoms with Gasteiger partial charge in [-0.15, -0.1) is 0 Å². The second kappa shape index (κ2) is 17.7. The number of rotatable bonds is 0. The van der Waals surface area contributed by atoms with E-state index in [-0.39, 0.29) is 154 Å². The van der Waals surface area contributed by atoms with E-state index in [0.717, 1.165) is 0 Å². The van der Waals surface area contributed by atoms with Crippen molar-refractivity contribution in [2.75, 3.05) is 0 Å². The normalized spacial score (nSPS) is 6.92. The summed E-state index contributed by atoms with van der Waals surface area (Å²) in [6, 6.07) is 0. The van der Waals surface area contributed by atoms with Crippen LogP contribution in [0.4, 0.5) is 4.79 Å². The van der Waals surface area contributed by atoms with Crippen LogP contribution in [0.3, 0.4) is 0 Å². The van der Waals surface area contributed by atoms with E-state index in [2.05, 4.69) is 0 Å². The Morgan fingerprint density at radius 3 is 0.917 bits per heavy atom. The summed E-state index contributed by atoms with van der Waals surface area (Å²) >= 11 is 0. The van der Waals surface area contributed by atoms with E-state index in [0.29, 0.717) is 0 Å². The van der Waals surface area contributed by atoms with E-state index in [4.69, 9.17) is 34.3 Å². The molecule has 0 aliphatic carbocycles. The molecule has 0 aliphatic heterocycles. The molecule has 12 heavy (non-hydrogen) atoms. The van der Waals surface area contributed by atoms with Gasteiger partial charge in [-0.3, -0.25) is 0 Å². The zero-order valence-electron chi connectivity index (χ0n) is 4.00. The molecular formula is CH8K3O7P. The zero-order chi connectivity index (χ0) is 8.08. The fraction of sp³-hybridized carbons (Fsp3) is 0. The standard InChI is InChI=1S/CH2O3.3K.H3O4P.3H/c2-1(3)4;;;;1-5(2,3)4;;;/h(H2,2,3,4);;;;(H3,1,2,3,4);;;. The molecule has 0 aromatic heterocycles. The monoisotopic (exact) mass is 280 g/mol. The van der Waals surface area contributed by atoms with Gasteiger partial charge in [0.15, 0.2) is 0 Å². The van der Waals surface area contributed by atoms with Gasteiger partial charge in [0.2, 0.25) is 0 Å². The molecule has 0 aliphatic rings. The predicted octanol–water partition coefficient (Wildman–Crippen LogP) is -2.65. The fourth-order valence-electron chi connectivity index (χ4n) is 0. The SMILES string of the molecule is O=C(O)O.O=P(O)(O)O.[KH].[KH].[KH]. The second-order valence-electron chi connectivity index (χ2n) is 0.796. The number of hydrogen-bond donors (Lipinski definition) is 5. The van der Waals surface area contributed by atoms with Crippen LogP contribution in [0.2, 0.25) is 0 Å². The summed E-state index contributed by atoms with van der Waals surface area (Å²) in [4.78, 5) is 30.1. The molecule has 0 heterocycles.